The summed E-state index contributed by atoms with van der Waals surface area (Å²) in [5, 5.41) is 117. The predicted molar refractivity (Wildman–Crippen MR) is 213 cm³/mol. The molecule has 4 aliphatic carbocycles. The first-order valence-electron chi connectivity index (χ1n) is 22.9. The second-order valence-electron chi connectivity index (χ2n) is 20.7. The predicted octanol–water partition coefficient (Wildman–Crippen LogP) is -1.22. The zero-order valence-corrected chi connectivity index (χ0v) is 36.4. The van der Waals surface area contributed by atoms with Crippen LogP contribution in [-0.2, 0) is 33.2 Å². The standard InChI is InChI=1S/C44H72O18/c1-18(16-56-39-36(53)35(52)33(50)28(15-45)60-39)8-11-44(55)19(2)30-27(62-44)14-25-23-7-6-21-12-22(13-29(47)43(21,5)24(23)9-10-42(25,30)4)59-41-38(32(49)26(46)17-57-41)61-40-37(54)34(51)31(48)20(3)58-40/h6,18-20,22-41,45-55H,7-17H2,1-5H3/t18-,19+,20+,22+,23-,24-,25+,26-,27-,28-,29+,30-,31+,32-,33-,34+,35+,36+,37+,38+,39+,40+,41+,42-,43-,44-/m1/s1. The lowest BCUT2D eigenvalue weighted by Crippen LogP contribution is -2.62. The Balaban J connectivity index is 0.887. The summed E-state index contributed by atoms with van der Waals surface area (Å²) in [5.41, 5.74) is 0.523. The Hall–Kier alpha value is -0.980. The molecule has 0 aromatic carbocycles. The molecule has 8 aliphatic rings. The molecule has 3 saturated carbocycles. The number of hydrogen-bond acceptors (Lipinski definition) is 18. The first kappa shape index (κ1) is 47.5. The van der Waals surface area contributed by atoms with Crippen molar-refractivity contribution >= 4 is 0 Å². The van der Waals surface area contributed by atoms with Gasteiger partial charge in [-0.1, -0.05) is 39.3 Å². The van der Waals surface area contributed by atoms with Gasteiger partial charge in [0.15, 0.2) is 24.7 Å². The molecule has 0 aromatic heterocycles. The number of fused-ring (bicyclic) bond motifs is 7. The molecule has 4 aliphatic heterocycles. The third-order valence-electron chi connectivity index (χ3n) is 17.1. The van der Waals surface area contributed by atoms with Crippen LogP contribution < -0.4 is 0 Å². The van der Waals surface area contributed by atoms with Crippen LogP contribution in [0.4, 0.5) is 0 Å². The molecule has 4 saturated heterocycles. The van der Waals surface area contributed by atoms with Crippen molar-refractivity contribution in [3.8, 4) is 0 Å². The maximum absolute atomic E-state index is 12.1. The molecule has 0 bridgehead atoms. The molecule has 18 heteroatoms. The molecule has 11 N–H and O–H groups in total. The summed E-state index contributed by atoms with van der Waals surface area (Å²) in [4.78, 5) is 0. The van der Waals surface area contributed by atoms with Crippen molar-refractivity contribution in [3.05, 3.63) is 11.6 Å². The van der Waals surface area contributed by atoms with Gasteiger partial charge in [-0.25, -0.2) is 0 Å². The van der Waals surface area contributed by atoms with E-state index in [2.05, 4.69) is 26.8 Å². The molecule has 0 unspecified atom stereocenters. The Morgan fingerprint density at radius 2 is 1.53 bits per heavy atom. The third-order valence-corrected chi connectivity index (χ3v) is 17.1. The highest BCUT2D eigenvalue weighted by Crippen LogP contribution is 2.70. The summed E-state index contributed by atoms with van der Waals surface area (Å²) in [7, 11) is 0. The summed E-state index contributed by atoms with van der Waals surface area (Å²) < 4.78 is 41.7. The van der Waals surface area contributed by atoms with Gasteiger partial charge in [-0.05, 0) is 80.5 Å². The lowest BCUT2D eigenvalue weighted by molar-refractivity contribution is -0.358. The number of aliphatic hydroxyl groups excluding tert-OH is 10. The third kappa shape index (κ3) is 8.06. The summed E-state index contributed by atoms with van der Waals surface area (Å²) in [6, 6.07) is 0. The van der Waals surface area contributed by atoms with Crippen LogP contribution in [0.2, 0.25) is 0 Å². The van der Waals surface area contributed by atoms with E-state index in [1.165, 1.54) is 6.92 Å². The molecular formula is C44H72O18. The molecule has 18 nitrogen and oxygen atoms in total. The molecule has 0 aromatic rings. The van der Waals surface area contributed by atoms with Crippen LogP contribution in [0, 0.1) is 46.3 Å². The van der Waals surface area contributed by atoms with Crippen molar-refractivity contribution < 1.29 is 89.3 Å². The Kier molecular flexibility index (Phi) is 13.7. The number of ether oxygens (including phenoxy) is 7. The number of rotatable bonds is 11. The van der Waals surface area contributed by atoms with E-state index in [0.717, 1.165) is 31.3 Å². The zero-order valence-electron chi connectivity index (χ0n) is 36.4. The van der Waals surface area contributed by atoms with Crippen LogP contribution in [0.25, 0.3) is 0 Å². The highest BCUT2D eigenvalue weighted by atomic mass is 16.8. The lowest BCUT2D eigenvalue weighted by atomic mass is 9.46. The van der Waals surface area contributed by atoms with E-state index in [-0.39, 0.29) is 48.4 Å². The minimum Gasteiger partial charge on any atom is -0.394 e. The number of allylic oxidation sites excluding steroid dienone is 1. The van der Waals surface area contributed by atoms with Gasteiger partial charge in [0, 0.05) is 24.2 Å². The van der Waals surface area contributed by atoms with E-state index in [4.69, 9.17) is 33.2 Å². The van der Waals surface area contributed by atoms with Gasteiger partial charge in [0.2, 0.25) is 0 Å². The van der Waals surface area contributed by atoms with E-state index in [1.807, 2.05) is 6.92 Å². The largest absolute Gasteiger partial charge is 0.394 e. The van der Waals surface area contributed by atoms with E-state index >= 15 is 0 Å². The second-order valence-corrected chi connectivity index (χ2v) is 20.7. The normalized spacial score (nSPS) is 55.7. The van der Waals surface area contributed by atoms with Crippen molar-refractivity contribution in [2.45, 2.75) is 196 Å². The second kappa shape index (κ2) is 17.9. The Morgan fingerprint density at radius 3 is 2.26 bits per heavy atom. The Bertz CT molecular complexity index is 1590. The lowest BCUT2D eigenvalue weighted by Gasteiger charge is -2.60. The Morgan fingerprint density at radius 1 is 0.823 bits per heavy atom. The van der Waals surface area contributed by atoms with Gasteiger partial charge in [-0.15, -0.1) is 0 Å². The van der Waals surface area contributed by atoms with Gasteiger partial charge in [-0.2, -0.15) is 0 Å². The zero-order chi connectivity index (χ0) is 44.8. The molecule has 26 atom stereocenters. The monoisotopic (exact) mass is 888 g/mol. The Labute approximate surface area is 362 Å². The molecule has 356 valence electrons. The van der Waals surface area contributed by atoms with E-state index in [0.29, 0.717) is 37.5 Å². The van der Waals surface area contributed by atoms with Crippen LogP contribution in [0.5, 0.6) is 0 Å². The van der Waals surface area contributed by atoms with Gasteiger partial charge in [-0.3, -0.25) is 0 Å². The molecule has 62 heavy (non-hydrogen) atoms. The maximum Gasteiger partial charge on any atom is 0.187 e. The topological polar surface area (TPSA) is 287 Å². The summed E-state index contributed by atoms with van der Waals surface area (Å²) >= 11 is 0. The minimum atomic E-state index is -1.64. The summed E-state index contributed by atoms with van der Waals surface area (Å²) in [6.07, 6.45) is -12.8. The molecule has 8 rings (SSSR count). The van der Waals surface area contributed by atoms with Crippen LogP contribution in [0.15, 0.2) is 11.6 Å². The highest BCUT2D eigenvalue weighted by Gasteiger charge is 2.68. The van der Waals surface area contributed by atoms with Crippen molar-refractivity contribution in [2.24, 2.45) is 46.3 Å². The van der Waals surface area contributed by atoms with Crippen LogP contribution >= 0.6 is 0 Å². The fourth-order valence-electron chi connectivity index (χ4n) is 13.3. The van der Waals surface area contributed by atoms with E-state index in [1.54, 1.807) is 0 Å². The molecule has 7 fully saturated rings. The van der Waals surface area contributed by atoms with Gasteiger partial charge in [0.25, 0.3) is 0 Å². The average Bonchev–Trinajstić information content (AvgIpc) is 3.68. The summed E-state index contributed by atoms with van der Waals surface area (Å²) in [5.74, 6) is -0.554. The van der Waals surface area contributed by atoms with Crippen molar-refractivity contribution in [2.75, 3.05) is 19.8 Å². The minimum absolute atomic E-state index is 0.0679. The summed E-state index contributed by atoms with van der Waals surface area (Å²) in [6.45, 7) is 9.47. The molecular weight excluding hydrogens is 816 g/mol. The number of aliphatic hydroxyl groups is 11. The molecule has 4 heterocycles. The molecule has 0 spiro atoms. The van der Waals surface area contributed by atoms with Crippen LogP contribution in [0.1, 0.15) is 86.0 Å². The highest BCUT2D eigenvalue weighted by molar-refractivity contribution is 5.28. The molecule has 0 radical (unpaired) electrons. The maximum atomic E-state index is 12.1. The SMILES string of the molecule is C[C@H](CC[C@@]1(O)O[C@@H]2C[C@H]3[C@@H]4CC=C5C[C@H](O[C@@H]6OC[C@@H](O)[C@@H](O)[C@@H]6O[C@@H]6O[C@@H](C)[C@H](O)[C@H](O)[C@@H]6O)C[C@H](O)[C@@]5(C)[C@@H]4CC[C@@]3(C)[C@@H]2[C@@H]1C)CO[C@H]1O[C@H](CO)[C@@H](O)[C@H](O)[C@@H]1O. The van der Waals surface area contributed by atoms with Gasteiger partial charge >= 0.3 is 0 Å². The first-order chi connectivity index (χ1) is 29.2. The van der Waals surface area contributed by atoms with E-state index in [9.17, 15) is 56.2 Å². The van der Waals surface area contributed by atoms with Gasteiger partial charge in [0.1, 0.15) is 61.0 Å². The first-order valence-corrected chi connectivity index (χ1v) is 22.9. The van der Waals surface area contributed by atoms with Crippen molar-refractivity contribution in [3.63, 3.8) is 0 Å². The quantitative estimate of drug-likeness (QED) is 0.108. The van der Waals surface area contributed by atoms with Gasteiger partial charge < -0.3 is 89.3 Å². The fraction of sp³-hybridized carbons (Fsp3) is 0.955. The van der Waals surface area contributed by atoms with Gasteiger partial charge in [0.05, 0.1) is 44.2 Å². The smallest absolute Gasteiger partial charge is 0.187 e. The van der Waals surface area contributed by atoms with E-state index < -0.39 is 116 Å². The van der Waals surface area contributed by atoms with Crippen molar-refractivity contribution in [1.82, 2.24) is 0 Å². The fourth-order valence-corrected chi connectivity index (χ4v) is 13.3. The molecule has 0 amide bonds. The van der Waals surface area contributed by atoms with Crippen LogP contribution in [0.3, 0.4) is 0 Å². The van der Waals surface area contributed by atoms with Crippen LogP contribution in [-0.4, -0.2) is 186 Å². The average molecular weight is 889 g/mol. The number of hydrogen-bond donors (Lipinski definition) is 11. The van der Waals surface area contributed by atoms with Crippen molar-refractivity contribution in [1.29, 1.82) is 0 Å².